The lowest BCUT2D eigenvalue weighted by molar-refractivity contribution is -0.141. The van der Waals surface area contributed by atoms with E-state index in [0.29, 0.717) is 31.0 Å². The van der Waals surface area contributed by atoms with E-state index in [1.807, 2.05) is 75.4 Å². The van der Waals surface area contributed by atoms with Crippen molar-refractivity contribution >= 4 is 27.5 Å². The van der Waals surface area contributed by atoms with Crippen LogP contribution in [-0.2, 0) is 32.6 Å². The number of hydrogen-bond acceptors (Lipinski definition) is 5. The smallest absolute Gasteiger partial charge is 0.243 e. The number of nitrogens with zero attached hydrogens (tertiary/aromatic N) is 2. The monoisotopic (exact) mass is 579 g/mol. The molecule has 3 aromatic carbocycles. The van der Waals surface area contributed by atoms with E-state index in [1.54, 1.807) is 29.2 Å². The van der Waals surface area contributed by atoms with Crippen LogP contribution in [0, 0.1) is 6.92 Å². The molecule has 3 rings (SSSR count). The number of para-hydroxylation sites is 2. The van der Waals surface area contributed by atoms with Crippen molar-refractivity contribution in [2.24, 2.45) is 0 Å². The molecular weight excluding hydrogens is 538 g/mol. The molecule has 1 N–H and O–H groups in total. The molecule has 0 saturated carbocycles. The molecule has 0 saturated heterocycles. The molecule has 3 aromatic rings. The van der Waals surface area contributed by atoms with Crippen molar-refractivity contribution in [2.45, 2.75) is 52.6 Å². The molecule has 8 nitrogen and oxygen atoms in total. The highest BCUT2D eigenvalue weighted by Gasteiger charge is 2.30. The average molecular weight is 580 g/mol. The van der Waals surface area contributed by atoms with Gasteiger partial charge >= 0.3 is 0 Å². The number of anilines is 1. The van der Waals surface area contributed by atoms with Gasteiger partial charge in [0.15, 0.2) is 0 Å². The summed E-state index contributed by atoms with van der Waals surface area (Å²) >= 11 is 0. The molecule has 0 aliphatic rings. The van der Waals surface area contributed by atoms with Crippen molar-refractivity contribution in [3.05, 3.63) is 95.6 Å². The van der Waals surface area contributed by atoms with Crippen LogP contribution in [0.1, 0.15) is 43.4 Å². The van der Waals surface area contributed by atoms with E-state index < -0.39 is 16.1 Å². The first kappa shape index (κ1) is 31.7. The predicted molar refractivity (Wildman–Crippen MR) is 163 cm³/mol. The van der Waals surface area contributed by atoms with Crippen molar-refractivity contribution in [3.63, 3.8) is 0 Å². The van der Waals surface area contributed by atoms with Crippen molar-refractivity contribution in [1.82, 2.24) is 10.2 Å². The van der Waals surface area contributed by atoms with Gasteiger partial charge in [-0.1, -0.05) is 66.7 Å². The van der Waals surface area contributed by atoms with Crippen LogP contribution < -0.4 is 14.4 Å². The van der Waals surface area contributed by atoms with Gasteiger partial charge in [0.25, 0.3) is 0 Å². The average Bonchev–Trinajstić information content (AvgIpc) is 2.94. The van der Waals surface area contributed by atoms with Gasteiger partial charge in [0.2, 0.25) is 21.8 Å². The molecule has 0 fully saturated rings. The number of hydrogen-bond donors (Lipinski definition) is 1. The summed E-state index contributed by atoms with van der Waals surface area (Å²) < 4.78 is 32.5. The van der Waals surface area contributed by atoms with E-state index in [1.165, 1.54) is 4.31 Å². The van der Waals surface area contributed by atoms with Gasteiger partial charge in [0, 0.05) is 32.5 Å². The summed E-state index contributed by atoms with van der Waals surface area (Å²) in [5.74, 6) is 0.0285. The molecule has 0 aromatic heterocycles. The zero-order chi connectivity index (χ0) is 29.8. The Kier molecular flexibility index (Phi) is 11.8. The Morgan fingerprint density at radius 2 is 1.59 bits per heavy atom. The van der Waals surface area contributed by atoms with Crippen molar-refractivity contribution in [2.75, 3.05) is 30.3 Å². The van der Waals surface area contributed by atoms with E-state index in [9.17, 15) is 18.0 Å². The van der Waals surface area contributed by atoms with Crippen molar-refractivity contribution in [1.29, 1.82) is 0 Å². The van der Waals surface area contributed by atoms with Crippen LogP contribution in [-0.4, -0.2) is 57.1 Å². The molecule has 2 amide bonds. The van der Waals surface area contributed by atoms with Gasteiger partial charge in [-0.05, 0) is 56.0 Å². The second-order valence-corrected chi connectivity index (χ2v) is 11.8. The van der Waals surface area contributed by atoms with Gasteiger partial charge in [-0.25, -0.2) is 8.42 Å². The van der Waals surface area contributed by atoms with Crippen LogP contribution in [0.4, 0.5) is 5.69 Å². The van der Waals surface area contributed by atoms with Crippen LogP contribution in [0.5, 0.6) is 5.75 Å². The maximum Gasteiger partial charge on any atom is 0.243 e. The molecule has 0 spiro atoms. The predicted octanol–water partition coefficient (Wildman–Crippen LogP) is 4.72. The third-order valence-corrected chi connectivity index (χ3v) is 7.99. The standard InChI is InChI=1S/C32H41N3O5S/c1-5-33-32(37)29(23-26-16-8-7-9-17-26)34(24-27-18-11-10-15-25(27)3)31(36)21-14-22-35(41(4,38)39)28-19-12-13-20-30(28)40-6-2/h7-13,15-20,29H,5-6,14,21-24H2,1-4H3,(H,33,37)/t29-/m1/s1. The lowest BCUT2D eigenvalue weighted by Gasteiger charge is -2.32. The Morgan fingerprint density at radius 1 is 0.927 bits per heavy atom. The molecule has 1 atom stereocenters. The molecule has 0 bridgehead atoms. The number of amides is 2. The Hall–Kier alpha value is -3.85. The minimum Gasteiger partial charge on any atom is -0.492 e. The van der Waals surface area contributed by atoms with Crippen LogP contribution in [0.3, 0.4) is 0 Å². The molecule has 220 valence electrons. The molecule has 9 heteroatoms. The number of carbonyl (C=O) groups excluding carboxylic acids is 2. The Bertz CT molecular complexity index is 1400. The number of likely N-dealkylation sites (N-methyl/N-ethyl adjacent to an activating group) is 1. The lowest BCUT2D eigenvalue weighted by atomic mass is 10.0. The van der Waals surface area contributed by atoms with Crippen LogP contribution in [0.25, 0.3) is 0 Å². The molecule has 0 aliphatic heterocycles. The van der Waals surface area contributed by atoms with Crippen LogP contribution >= 0.6 is 0 Å². The Balaban J connectivity index is 1.88. The second kappa shape index (κ2) is 15.2. The third kappa shape index (κ3) is 9.08. The topological polar surface area (TPSA) is 96.0 Å². The maximum absolute atomic E-state index is 13.9. The van der Waals surface area contributed by atoms with Gasteiger partial charge in [-0.3, -0.25) is 13.9 Å². The third-order valence-electron chi connectivity index (χ3n) is 6.81. The number of nitrogens with one attached hydrogen (secondary N) is 1. The number of sulfonamides is 1. The summed E-state index contributed by atoms with van der Waals surface area (Å²) in [7, 11) is -3.64. The Labute approximate surface area is 244 Å². The minimum absolute atomic E-state index is 0.0688. The summed E-state index contributed by atoms with van der Waals surface area (Å²) in [5.41, 5.74) is 3.36. The van der Waals surface area contributed by atoms with E-state index in [-0.39, 0.29) is 37.7 Å². The van der Waals surface area contributed by atoms with E-state index in [2.05, 4.69) is 5.32 Å². The highest BCUT2D eigenvalue weighted by Crippen LogP contribution is 2.30. The van der Waals surface area contributed by atoms with E-state index in [4.69, 9.17) is 4.74 Å². The van der Waals surface area contributed by atoms with Crippen molar-refractivity contribution in [3.8, 4) is 5.75 Å². The van der Waals surface area contributed by atoms with Gasteiger partial charge in [-0.15, -0.1) is 0 Å². The molecule has 0 radical (unpaired) electrons. The first-order chi connectivity index (χ1) is 19.7. The number of ether oxygens (including phenoxy) is 1. The normalized spacial score (nSPS) is 11.9. The first-order valence-electron chi connectivity index (χ1n) is 14.0. The second-order valence-electron chi connectivity index (χ2n) is 9.89. The first-order valence-corrected chi connectivity index (χ1v) is 15.9. The summed E-state index contributed by atoms with van der Waals surface area (Å²) in [6.07, 6.45) is 1.85. The zero-order valence-corrected chi connectivity index (χ0v) is 25.2. The van der Waals surface area contributed by atoms with E-state index in [0.717, 1.165) is 22.9 Å². The SMILES string of the molecule is CCNC(=O)[C@@H](Cc1ccccc1)N(Cc1ccccc1C)C(=O)CCCN(c1ccccc1OCC)S(C)(=O)=O. The highest BCUT2D eigenvalue weighted by molar-refractivity contribution is 7.92. The molecule has 0 aliphatic carbocycles. The molecule has 0 heterocycles. The Morgan fingerprint density at radius 3 is 2.24 bits per heavy atom. The van der Waals surface area contributed by atoms with Gasteiger partial charge in [-0.2, -0.15) is 0 Å². The summed E-state index contributed by atoms with van der Waals surface area (Å²) in [5, 5.41) is 2.90. The molecule has 0 unspecified atom stereocenters. The lowest BCUT2D eigenvalue weighted by Crippen LogP contribution is -2.50. The number of rotatable bonds is 15. The van der Waals surface area contributed by atoms with E-state index >= 15 is 0 Å². The quantitative estimate of drug-likeness (QED) is 0.281. The van der Waals surface area contributed by atoms with Gasteiger partial charge in [0.05, 0.1) is 18.6 Å². The number of carbonyl (C=O) groups is 2. The van der Waals surface area contributed by atoms with Gasteiger partial charge < -0.3 is 15.0 Å². The highest BCUT2D eigenvalue weighted by atomic mass is 32.2. The zero-order valence-electron chi connectivity index (χ0n) is 24.4. The number of aryl methyl sites for hydroxylation is 1. The fourth-order valence-corrected chi connectivity index (χ4v) is 5.71. The molecule has 41 heavy (non-hydrogen) atoms. The van der Waals surface area contributed by atoms with Crippen LogP contribution in [0.15, 0.2) is 78.9 Å². The van der Waals surface area contributed by atoms with Crippen LogP contribution in [0.2, 0.25) is 0 Å². The fourth-order valence-electron chi connectivity index (χ4n) is 4.74. The molecular formula is C32H41N3O5S. The summed E-state index contributed by atoms with van der Waals surface area (Å²) in [6, 6.07) is 23.7. The fraction of sp³-hybridized carbons (Fsp3) is 0.375. The largest absolute Gasteiger partial charge is 0.492 e. The minimum atomic E-state index is -3.64. The number of benzene rings is 3. The maximum atomic E-state index is 13.9. The summed E-state index contributed by atoms with van der Waals surface area (Å²) in [6.45, 7) is 6.87. The van der Waals surface area contributed by atoms with Gasteiger partial charge in [0.1, 0.15) is 11.8 Å². The van der Waals surface area contributed by atoms with Crippen molar-refractivity contribution < 1.29 is 22.7 Å². The summed E-state index contributed by atoms with van der Waals surface area (Å²) in [4.78, 5) is 28.9.